The predicted molar refractivity (Wildman–Crippen MR) is 104 cm³/mol. The van der Waals surface area contributed by atoms with E-state index < -0.39 is 0 Å². The van der Waals surface area contributed by atoms with Crippen molar-refractivity contribution in [2.24, 2.45) is 5.92 Å². The lowest BCUT2D eigenvalue weighted by molar-refractivity contribution is 0.191. The van der Waals surface area contributed by atoms with Crippen LogP contribution in [0.4, 0.5) is 0 Å². The molecule has 2 N–H and O–H groups in total. The highest BCUT2D eigenvalue weighted by atomic mass is 16.3. The molecule has 0 aromatic carbocycles. The summed E-state index contributed by atoms with van der Waals surface area (Å²) in [6.07, 6.45) is 19.6. The van der Waals surface area contributed by atoms with Gasteiger partial charge in [0.25, 0.3) is 0 Å². The normalized spacial score (nSPS) is 12.9. The molecule has 1 atom stereocenters. The zero-order valence-corrected chi connectivity index (χ0v) is 16.4. The molecule has 0 saturated carbocycles. The Morgan fingerprint density at radius 2 is 1.00 bits per heavy atom. The SMILES string of the molecule is CC(C)CCCCCCCCCCCCCCCNCC(C)O. The molecule has 0 saturated heterocycles. The third-order valence-corrected chi connectivity index (χ3v) is 4.57. The summed E-state index contributed by atoms with van der Waals surface area (Å²) in [6.45, 7) is 8.28. The first kappa shape index (κ1) is 22.9. The lowest BCUT2D eigenvalue weighted by Crippen LogP contribution is -2.25. The molecule has 0 aliphatic carbocycles. The average Bonchev–Trinajstić information content (AvgIpc) is 2.49. The van der Waals surface area contributed by atoms with Crippen LogP contribution in [0.1, 0.15) is 111 Å². The van der Waals surface area contributed by atoms with Crippen LogP contribution in [-0.2, 0) is 0 Å². The molecule has 2 heteroatoms. The second kappa shape index (κ2) is 18.3. The Labute approximate surface area is 146 Å². The highest BCUT2D eigenvalue weighted by molar-refractivity contribution is 4.54. The quantitative estimate of drug-likeness (QED) is 0.299. The fourth-order valence-corrected chi connectivity index (χ4v) is 3.06. The number of unbranched alkanes of at least 4 members (excludes halogenated alkanes) is 12. The molecule has 0 rings (SSSR count). The summed E-state index contributed by atoms with van der Waals surface area (Å²) in [7, 11) is 0. The molecule has 0 bridgehead atoms. The van der Waals surface area contributed by atoms with Crippen molar-refractivity contribution in [3.05, 3.63) is 0 Å². The highest BCUT2D eigenvalue weighted by Gasteiger charge is 1.96. The lowest BCUT2D eigenvalue weighted by Gasteiger charge is -2.06. The molecular formula is C21H45NO. The first-order valence-corrected chi connectivity index (χ1v) is 10.5. The van der Waals surface area contributed by atoms with Crippen LogP contribution < -0.4 is 5.32 Å². The van der Waals surface area contributed by atoms with Crippen LogP contribution >= 0.6 is 0 Å². The fourth-order valence-electron chi connectivity index (χ4n) is 3.06. The van der Waals surface area contributed by atoms with E-state index in [2.05, 4.69) is 19.2 Å². The van der Waals surface area contributed by atoms with Crippen LogP contribution in [-0.4, -0.2) is 24.3 Å². The molecule has 0 fully saturated rings. The van der Waals surface area contributed by atoms with E-state index in [1.807, 2.05) is 6.92 Å². The van der Waals surface area contributed by atoms with E-state index in [0.29, 0.717) is 0 Å². The smallest absolute Gasteiger partial charge is 0.0636 e. The molecule has 0 spiro atoms. The molecule has 0 amide bonds. The van der Waals surface area contributed by atoms with E-state index in [4.69, 9.17) is 5.11 Å². The maximum atomic E-state index is 9.12. The molecule has 23 heavy (non-hydrogen) atoms. The number of nitrogens with one attached hydrogen (secondary N) is 1. The van der Waals surface area contributed by atoms with E-state index in [1.165, 1.54) is 89.9 Å². The summed E-state index contributed by atoms with van der Waals surface area (Å²) in [4.78, 5) is 0. The van der Waals surface area contributed by atoms with Gasteiger partial charge in [0.1, 0.15) is 0 Å². The van der Waals surface area contributed by atoms with Crippen molar-refractivity contribution in [3.63, 3.8) is 0 Å². The number of hydrogen-bond donors (Lipinski definition) is 2. The molecule has 0 aromatic rings. The van der Waals surface area contributed by atoms with Crippen LogP contribution in [0.3, 0.4) is 0 Å². The van der Waals surface area contributed by atoms with Crippen molar-refractivity contribution in [2.45, 2.75) is 117 Å². The summed E-state index contributed by atoms with van der Waals surface area (Å²) in [6, 6.07) is 0. The standard InChI is InChI=1S/C21H45NO/c1-20(2)17-15-13-11-9-7-5-4-6-8-10-12-14-16-18-22-19-21(3)23/h20-23H,4-19H2,1-3H3. The lowest BCUT2D eigenvalue weighted by atomic mass is 10.0. The molecule has 1 unspecified atom stereocenters. The number of aliphatic hydroxyl groups is 1. The van der Waals surface area contributed by atoms with Gasteiger partial charge >= 0.3 is 0 Å². The summed E-state index contributed by atoms with van der Waals surface area (Å²) in [5.74, 6) is 0.885. The molecule has 0 aliphatic rings. The first-order valence-electron chi connectivity index (χ1n) is 10.5. The van der Waals surface area contributed by atoms with Gasteiger partial charge in [0.2, 0.25) is 0 Å². The third-order valence-electron chi connectivity index (χ3n) is 4.57. The maximum absolute atomic E-state index is 9.12. The monoisotopic (exact) mass is 327 g/mol. The van der Waals surface area contributed by atoms with Gasteiger partial charge in [-0.15, -0.1) is 0 Å². The summed E-state index contributed by atoms with van der Waals surface area (Å²) in [5, 5.41) is 12.4. The molecular weight excluding hydrogens is 282 g/mol. The van der Waals surface area contributed by atoms with E-state index >= 15 is 0 Å². The van der Waals surface area contributed by atoms with Crippen LogP contribution in [0.2, 0.25) is 0 Å². The van der Waals surface area contributed by atoms with Crippen molar-refractivity contribution in [1.82, 2.24) is 5.32 Å². The highest BCUT2D eigenvalue weighted by Crippen LogP contribution is 2.14. The zero-order valence-electron chi connectivity index (χ0n) is 16.4. The van der Waals surface area contributed by atoms with Crippen molar-refractivity contribution in [3.8, 4) is 0 Å². The molecule has 0 aliphatic heterocycles. The second-order valence-corrected chi connectivity index (χ2v) is 7.83. The van der Waals surface area contributed by atoms with Crippen molar-refractivity contribution in [1.29, 1.82) is 0 Å². The van der Waals surface area contributed by atoms with Gasteiger partial charge < -0.3 is 10.4 Å². The Kier molecular flexibility index (Phi) is 18.2. The van der Waals surface area contributed by atoms with Gasteiger partial charge in [0.15, 0.2) is 0 Å². The predicted octanol–water partition coefficient (Wildman–Crippen LogP) is 6.07. The van der Waals surface area contributed by atoms with Gasteiger partial charge in [-0.05, 0) is 25.8 Å². The topological polar surface area (TPSA) is 32.3 Å². The van der Waals surface area contributed by atoms with Crippen molar-refractivity contribution >= 4 is 0 Å². The minimum Gasteiger partial charge on any atom is -0.392 e. The average molecular weight is 328 g/mol. The van der Waals surface area contributed by atoms with Gasteiger partial charge in [-0.3, -0.25) is 0 Å². The summed E-state index contributed by atoms with van der Waals surface area (Å²) >= 11 is 0. The van der Waals surface area contributed by atoms with Gasteiger partial charge in [0, 0.05) is 6.54 Å². The van der Waals surface area contributed by atoms with Gasteiger partial charge in [0.05, 0.1) is 6.10 Å². The van der Waals surface area contributed by atoms with E-state index in [0.717, 1.165) is 19.0 Å². The van der Waals surface area contributed by atoms with Crippen LogP contribution in [0, 0.1) is 5.92 Å². The van der Waals surface area contributed by atoms with E-state index in [1.54, 1.807) is 0 Å². The zero-order chi connectivity index (χ0) is 17.2. The fraction of sp³-hybridized carbons (Fsp3) is 1.00. The molecule has 0 aromatic heterocycles. The van der Waals surface area contributed by atoms with E-state index in [-0.39, 0.29) is 6.10 Å². The van der Waals surface area contributed by atoms with E-state index in [9.17, 15) is 0 Å². The maximum Gasteiger partial charge on any atom is 0.0636 e. The Morgan fingerprint density at radius 3 is 1.39 bits per heavy atom. The molecule has 0 heterocycles. The molecule has 2 nitrogen and oxygen atoms in total. The first-order chi connectivity index (χ1) is 11.1. The minimum atomic E-state index is -0.213. The summed E-state index contributed by atoms with van der Waals surface area (Å²) < 4.78 is 0. The minimum absolute atomic E-state index is 0.213. The van der Waals surface area contributed by atoms with Crippen molar-refractivity contribution < 1.29 is 5.11 Å². The van der Waals surface area contributed by atoms with Crippen molar-refractivity contribution in [2.75, 3.05) is 13.1 Å². The van der Waals surface area contributed by atoms with Crippen LogP contribution in [0.5, 0.6) is 0 Å². The molecule has 0 radical (unpaired) electrons. The molecule has 140 valence electrons. The number of rotatable bonds is 18. The number of hydrogen-bond acceptors (Lipinski definition) is 2. The van der Waals surface area contributed by atoms with Crippen LogP contribution in [0.15, 0.2) is 0 Å². The second-order valence-electron chi connectivity index (χ2n) is 7.83. The number of aliphatic hydroxyl groups excluding tert-OH is 1. The van der Waals surface area contributed by atoms with Gasteiger partial charge in [-0.25, -0.2) is 0 Å². The summed E-state index contributed by atoms with van der Waals surface area (Å²) in [5.41, 5.74) is 0. The Morgan fingerprint density at radius 1 is 0.609 bits per heavy atom. The largest absolute Gasteiger partial charge is 0.392 e. The Bertz CT molecular complexity index is 194. The van der Waals surface area contributed by atoms with Crippen LogP contribution in [0.25, 0.3) is 0 Å². The third kappa shape index (κ3) is 21.9. The Balaban J connectivity index is 2.97. The Hall–Kier alpha value is -0.0800. The van der Waals surface area contributed by atoms with Gasteiger partial charge in [-0.1, -0.05) is 97.3 Å². The van der Waals surface area contributed by atoms with Gasteiger partial charge in [-0.2, -0.15) is 0 Å².